The van der Waals surface area contributed by atoms with Crippen LogP contribution in [0.15, 0.2) is 97.2 Å². The Morgan fingerprint density at radius 3 is 1.02 bits per heavy atom. The van der Waals surface area contributed by atoms with Crippen LogP contribution in [0.5, 0.6) is 0 Å². The van der Waals surface area contributed by atoms with E-state index in [9.17, 15) is 19.0 Å². The van der Waals surface area contributed by atoms with Crippen molar-refractivity contribution in [3.63, 3.8) is 0 Å². The highest BCUT2D eigenvalue weighted by molar-refractivity contribution is 7.47. The third-order valence-corrected chi connectivity index (χ3v) is 15.4. The van der Waals surface area contributed by atoms with E-state index in [1.54, 1.807) is 0 Å². The highest BCUT2D eigenvalue weighted by Gasteiger charge is 2.26. The number of carbonyl (C=O) groups excluding carboxylic acids is 2. The van der Waals surface area contributed by atoms with Gasteiger partial charge in [0, 0.05) is 19.4 Å². The molecule has 0 saturated carbocycles. The molecule has 0 fully saturated rings. The molecular formula is C71H126NO8P. The molecule has 0 aliphatic carbocycles. The number of hydrogen-bond donors (Lipinski definition) is 2. The van der Waals surface area contributed by atoms with Gasteiger partial charge in [-0.1, -0.05) is 297 Å². The summed E-state index contributed by atoms with van der Waals surface area (Å²) in [6, 6.07) is 0. The van der Waals surface area contributed by atoms with Crippen LogP contribution in [0.4, 0.5) is 0 Å². The molecule has 0 aromatic rings. The predicted octanol–water partition coefficient (Wildman–Crippen LogP) is 22.0. The largest absolute Gasteiger partial charge is 0.472 e. The van der Waals surface area contributed by atoms with Crippen molar-refractivity contribution < 1.29 is 37.6 Å². The fraction of sp³-hybridized carbons (Fsp3) is 0.746. The standard InChI is InChI=1S/C71H126NO8P/c1-3-5-7-9-11-13-15-17-19-21-23-25-27-29-31-33-34-36-38-40-42-44-46-48-50-52-54-56-58-60-62-64-71(74)80-69(68-79-81(75,76)78-66-65-72)67-77-70(73)63-61-59-57-55-53-51-49-47-45-43-41-39-37-35-32-30-28-26-24-22-20-18-16-14-12-10-8-6-4-2/h5,7,11,13,17,19,22-25,29,31,34,36,40,42,69H,3-4,6,8-10,12,14-16,18,20-21,26-28,30,32-33,35,37-39,41,43-68,72H2,1-2H3,(H,75,76)/b7-5-,13-11-,19-17-,24-22-,25-23-,31-29-,36-34-,42-40-. The minimum Gasteiger partial charge on any atom is -0.462 e. The first kappa shape index (κ1) is 77.9. The molecule has 3 N–H and O–H groups in total. The quantitative estimate of drug-likeness (QED) is 0.0264. The Bertz CT molecular complexity index is 1650. The number of ether oxygens (including phenoxy) is 2. The number of nitrogens with two attached hydrogens (primary N) is 1. The van der Waals surface area contributed by atoms with E-state index >= 15 is 0 Å². The van der Waals surface area contributed by atoms with Crippen LogP contribution in [0.2, 0.25) is 0 Å². The smallest absolute Gasteiger partial charge is 0.462 e. The summed E-state index contributed by atoms with van der Waals surface area (Å²) in [5.74, 6) is -0.828. The molecule has 0 rings (SSSR count). The summed E-state index contributed by atoms with van der Waals surface area (Å²) in [6.45, 7) is 3.65. The van der Waals surface area contributed by atoms with Crippen molar-refractivity contribution in [1.82, 2.24) is 0 Å². The van der Waals surface area contributed by atoms with E-state index < -0.39 is 26.5 Å². The van der Waals surface area contributed by atoms with Gasteiger partial charge in [0.25, 0.3) is 0 Å². The zero-order chi connectivity index (χ0) is 58.7. The molecule has 0 amide bonds. The van der Waals surface area contributed by atoms with E-state index in [1.165, 1.54) is 186 Å². The van der Waals surface area contributed by atoms with E-state index in [4.69, 9.17) is 24.3 Å². The third kappa shape index (κ3) is 65.9. The maximum Gasteiger partial charge on any atom is 0.472 e. The highest BCUT2D eigenvalue weighted by atomic mass is 31.2. The lowest BCUT2D eigenvalue weighted by atomic mass is 10.0. The first-order valence-corrected chi connectivity index (χ1v) is 35.2. The molecule has 0 saturated heterocycles. The molecule has 0 spiro atoms. The molecule has 0 aromatic heterocycles. The number of phosphoric ester groups is 1. The van der Waals surface area contributed by atoms with Crippen molar-refractivity contribution in [1.29, 1.82) is 0 Å². The number of carbonyl (C=O) groups is 2. The zero-order valence-electron chi connectivity index (χ0n) is 52.5. The van der Waals surface area contributed by atoms with E-state index in [1.807, 2.05) is 0 Å². The van der Waals surface area contributed by atoms with Gasteiger partial charge in [-0.25, -0.2) is 4.57 Å². The van der Waals surface area contributed by atoms with Crippen LogP contribution >= 0.6 is 7.82 Å². The van der Waals surface area contributed by atoms with Crippen LogP contribution in [-0.2, 0) is 32.7 Å². The van der Waals surface area contributed by atoms with E-state index in [2.05, 4.69) is 111 Å². The van der Waals surface area contributed by atoms with Gasteiger partial charge in [-0.3, -0.25) is 18.6 Å². The normalized spacial score (nSPS) is 13.6. The van der Waals surface area contributed by atoms with Crippen LogP contribution in [0.1, 0.15) is 309 Å². The minimum atomic E-state index is -4.40. The van der Waals surface area contributed by atoms with E-state index in [-0.39, 0.29) is 38.6 Å². The lowest BCUT2D eigenvalue weighted by Gasteiger charge is -2.19. The van der Waals surface area contributed by atoms with Gasteiger partial charge in [-0.2, -0.15) is 0 Å². The molecule has 0 bridgehead atoms. The maximum absolute atomic E-state index is 12.8. The van der Waals surface area contributed by atoms with Gasteiger partial charge in [0.15, 0.2) is 6.10 Å². The van der Waals surface area contributed by atoms with Crippen molar-refractivity contribution in [2.45, 2.75) is 315 Å². The van der Waals surface area contributed by atoms with Gasteiger partial charge < -0.3 is 20.1 Å². The van der Waals surface area contributed by atoms with Gasteiger partial charge in [0.05, 0.1) is 13.2 Å². The van der Waals surface area contributed by atoms with Gasteiger partial charge in [0.1, 0.15) is 6.61 Å². The predicted molar refractivity (Wildman–Crippen MR) is 348 cm³/mol. The summed E-state index contributed by atoms with van der Waals surface area (Å²) < 4.78 is 33.2. The molecule has 81 heavy (non-hydrogen) atoms. The van der Waals surface area contributed by atoms with Crippen molar-refractivity contribution in [2.75, 3.05) is 26.4 Å². The Kier molecular flexibility index (Phi) is 63.6. The van der Waals surface area contributed by atoms with Crippen LogP contribution in [0.3, 0.4) is 0 Å². The molecule has 0 radical (unpaired) electrons. The van der Waals surface area contributed by atoms with Crippen molar-refractivity contribution >= 4 is 19.8 Å². The lowest BCUT2D eigenvalue weighted by Crippen LogP contribution is -2.29. The first-order chi connectivity index (χ1) is 39.8. The Morgan fingerprint density at radius 1 is 0.383 bits per heavy atom. The van der Waals surface area contributed by atoms with Gasteiger partial charge in [-0.05, 0) is 96.3 Å². The van der Waals surface area contributed by atoms with Crippen molar-refractivity contribution in [2.24, 2.45) is 5.73 Å². The Balaban J connectivity index is 3.93. The number of rotatable bonds is 63. The molecule has 0 aliphatic heterocycles. The SMILES string of the molecule is CC/C=C\C/C=C\C/C=C\C/C=C\C/C=C\C/C=C\C/C=C\CCCCCCCCCCCC(=O)OC(COC(=O)CCCCCCCCCCCCCCCCCCC/C=C\CCCCCCCCCC)COP(=O)(O)OCCN. The van der Waals surface area contributed by atoms with Crippen LogP contribution in [0, 0.1) is 0 Å². The molecule has 0 heterocycles. The number of unbranched alkanes of at least 4 members (excludes halogenated alkanes) is 34. The summed E-state index contributed by atoms with van der Waals surface area (Å²) in [4.78, 5) is 35.3. The fourth-order valence-corrected chi connectivity index (χ4v) is 10.3. The average molecular weight is 1150 g/mol. The molecule has 0 aromatic carbocycles. The van der Waals surface area contributed by atoms with Gasteiger partial charge in [-0.15, -0.1) is 0 Å². The number of phosphoric acid groups is 1. The van der Waals surface area contributed by atoms with E-state index in [0.29, 0.717) is 6.42 Å². The molecule has 2 unspecified atom stereocenters. The van der Waals surface area contributed by atoms with Crippen molar-refractivity contribution in [3.05, 3.63) is 97.2 Å². The molecular weight excluding hydrogens is 1030 g/mol. The highest BCUT2D eigenvalue weighted by Crippen LogP contribution is 2.43. The van der Waals surface area contributed by atoms with Crippen LogP contribution < -0.4 is 5.73 Å². The average Bonchev–Trinajstić information content (AvgIpc) is 3.46. The zero-order valence-corrected chi connectivity index (χ0v) is 53.4. The second-order valence-corrected chi connectivity index (χ2v) is 23.8. The monoisotopic (exact) mass is 1150 g/mol. The van der Waals surface area contributed by atoms with E-state index in [0.717, 1.165) is 89.9 Å². The minimum absolute atomic E-state index is 0.0493. The number of hydrogen-bond acceptors (Lipinski definition) is 8. The Labute approximate surface area is 499 Å². The summed E-state index contributed by atoms with van der Waals surface area (Å²) >= 11 is 0. The molecule has 468 valence electrons. The second kappa shape index (κ2) is 66.1. The lowest BCUT2D eigenvalue weighted by molar-refractivity contribution is -0.161. The number of allylic oxidation sites excluding steroid dienone is 16. The summed E-state index contributed by atoms with van der Waals surface area (Å²) in [6.07, 6.45) is 89.2. The molecule has 9 nitrogen and oxygen atoms in total. The Hall–Kier alpha value is -3.07. The van der Waals surface area contributed by atoms with Gasteiger partial charge >= 0.3 is 19.8 Å². The summed E-state index contributed by atoms with van der Waals surface area (Å²) in [5, 5.41) is 0. The van der Waals surface area contributed by atoms with Crippen LogP contribution in [-0.4, -0.2) is 49.3 Å². The van der Waals surface area contributed by atoms with Crippen molar-refractivity contribution in [3.8, 4) is 0 Å². The molecule has 10 heteroatoms. The number of esters is 2. The summed E-state index contributed by atoms with van der Waals surface area (Å²) in [7, 11) is -4.40. The molecule has 0 aliphatic rings. The van der Waals surface area contributed by atoms with Gasteiger partial charge in [0.2, 0.25) is 0 Å². The second-order valence-electron chi connectivity index (χ2n) is 22.3. The fourth-order valence-electron chi connectivity index (χ4n) is 9.50. The maximum atomic E-state index is 12.8. The summed E-state index contributed by atoms with van der Waals surface area (Å²) in [5.41, 5.74) is 5.40. The topological polar surface area (TPSA) is 134 Å². The third-order valence-electron chi connectivity index (χ3n) is 14.5. The Morgan fingerprint density at radius 2 is 0.679 bits per heavy atom. The molecule has 2 atom stereocenters. The van der Waals surface area contributed by atoms with Crippen LogP contribution in [0.25, 0.3) is 0 Å². The first-order valence-electron chi connectivity index (χ1n) is 33.7.